The number of unbranched alkanes of at least 4 members (excludes halogenated alkanes) is 3. The predicted molar refractivity (Wildman–Crippen MR) is 165 cm³/mol. The smallest absolute Gasteiger partial charge is 0.408 e. The van der Waals surface area contributed by atoms with Crippen LogP contribution in [-0.4, -0.2) is 72.1 Å². The Bertz CT molecular complexity index is 995. The van der Waals surface area contributed by atoms with Gasteiger partial charge in [0.1, 0.15) is 17.7 Å². The summed E-state index contributed by atoms with van der Waals surface area (Å²) in [4.78, 5) is 54.4. The van der Waals surface area contributed by atoms with Crippen molar-refractivity contribution in [3.05, 3.63) is 34.9 Å². The van der Waals surface area contributed by atoms with Crippen molar-refractivity contribution in [1.82, 2.24) is 15.5 Å². The summed E-state index contributed by atoms with van der Waals surface area (Å²) in [5.74, 6) is -0.488. The first-order valence-corrected chi connectivity index (χ1v) is 16.0. The van der Waals surface area contributed by atoms with Crippen molar-refractivity contribution in [3.8, 4) is 0 Å². The number of esters is 1. The third-order valence-electron chi connectivity index (χ3n) is 6.57. The van der Waals surface area contributed by atoms with Gasteiger partial charge < -0.3 is 25.0 Å². The number of hydrogen-bond acceptors (Lipinski definition) is 7. The molecule has 0 saturated heterocycles. The van der Waals surface area contributed by atoms with Gasteiger partial charge in [0.2, 0.25) is 11.8 Å². The molecule has 9 nitrogen and oxygen atoms in total. The topological polar surface area (TPSA) is 114 Å². The summed E-state index contributed by atoms with van der Waals surface area (Å²) in [6.45, 7) is 13.7. The highest BCUT2D eigenvalue weighted by molar-refractivity contribution is 7.98. The molecular weight excluding hydrogens is 542 g/mol. The van der Waals surface area contributed by atoms with Crippen LogP contribution in [0.4, 0.5) is 4.79 Å². The molecule has 1 rings (SSSR count). The Balaban J connectivity index is 3.50. The van der Waals surface area contributed by atoms with Crippen molar-refractivity contribution in [2.45, 2.75) is 105 Å². The molecule has 0 aromatic heterocycles. The maximum atomic E-state index is 14.3. The molecular formula is C31H51N3O6S. The highest BCUT2D eigenvalue weighted by Crippen LogP contribution is 2.28. The van der Waals surface area contributed by atoms with E-state index >= 15 is 0 Å². The van der Waals surface area contributed by atoms with E-state index in [0.717, 1.165) is 30.4 Å². The van der Waals surface area contributed by atoms with Crippen LogP contribution in [0, 0.1) is 13.8 Å². The van der Waals surface area contributed by atoms with Gasteiger partial charge in [-0.1, -0.05) is 44.4 Å². The normalized spacial score (nSPS) is 12.7. The molecule has 1 aromatic rings. The number of hydrogen-bond donors (Lipinski definition) is 2. The summed E-state index contributed by atoms with van der Waals surface area (Å²) in [6, 6.07) is 3.89. The molecule has 41 heavy (non-hydrogen) atoms. The Morgan fingerprint density at radius 1 is 1.05 bits per heavy atom. The molecule has 0 bridgehead atoms. The molecule has 232 valence electrons. The number of carbonyl (C=O) groups excluding carboxylic acids is 4. The zero-order valence-corrected chi connectivity index (χ0v) is 27.1. The summed E-state index contributed by atoms with van der Waals surface area (Å²) in [6.07, 6.45) is 5.32. The van der Waals surface area contributed by atoms with E-state index in [1.807, 2.05) is 38.3 Å². The van der Waals surface area contributed by atoms with Crippen molar-refractivity contribution in [2.75, 3.05) is 31.7 Å². The lowest BCUT2D eigenvalue weighted by atomic mass is 9.94. The van der Waals surface area contributed by atoms with Gasteiger partial charge in [-0.05, 0) is 83.1 Å². The lowest BCUT2D eigenvalue weighted by Gasteiger charge is -2.35. The Hall–Kier alpha value is -2.75. The predicted octanol–water partition coefficient (Wildman–Crippen LogP) is 5.47. The summed E-state index contributed by atoms with van der Waals surface area (Å²) in [5, 5.41) is 5.63. The summed E-state index contributed by atoms with van der Waals surface area (Å²) >= 11 is 1.57. The molecule has 0 aliphatic heterocycles. The van der Waals surface area contributed by atoms with Crippen LogP contribution < -0.4 is 10.6 Å². The van der Waals surface area contributed by atoms with E-state index in [9.17, 15) is 19.2 Å². The zero-order chi connectivity index (χ0) is 31.0. The van der Waals surface area contributed by atoms with E-state index in [1.165, 1.54) is 0 Å². The van der Waals surface area contributed by atoms with Gasteiger partial charge >= 0.3 is 12.1 Å². The average Bonchev–Trinajstić information content (AvgIpc) is 2.89. The minimum atomic E-state index is -0.941. The van der Waals surface area contributed by atoms with E-state index in [2.05, 4.69) is 17.6 Å². The first-order valence-electron chi connectivity index (χ1n) is 14.6. The van der Waals surface area contributed by atoms with Crippen LogP contribution in [0.3, 0.4) is 0 Å². The Kier molecular flexibility index (Phi) is 16.5. The highest BCUT2D eigenvalue weighted by atomic mass is 32.2. The summed E-state index contributed by atoms with van der Waals surface area (Å²) in [7, 11) is 0. The van der Waals surface area contributed by atoms with Crippen LogP contribution in [0.25, 0.3) is 0 Å². The largest absolute Gasteiger partial charge is 0.466 e. The zero-order valence-electron chi connectivity index (χ0n) is 26.3. The Morgan fingerprint density at radius 3 is 2.37 bits per heavy atom. The van der Waals surface area contributed by atoms with Crippen molar-refractivity contribution in [1.29, 1.82) is 0 Å². The fourth-order valence-corrected chi connectivity index (χ4v) is 4.83. The van der Waals surface area contributed by atoms with E-state index in [1.54, 1.807) is 44.4 Å². The second-order valence-electron chi connectivity index (χ2n) is 11.1. The number of nitrogens with one attached hydrogen (secondary N) is 2. The van der Waals surface area contributed by atoms with E-state index < -0.39 is 29.7 Å². The van der Waals surface area contributed by atoms with Gasteiger partial charge in [-0.25, -0.2) is 4.79 Å². The Labute approximate surface area is 250 Å². The molecule has 0 heterocycles. The molecule has 1 aromatic carbocycles. The van der Waals surface area contributed by atoms with Crippen LogP contribution in [0.2, 0.25) is 0 Å². The molecule has 3 amide bonds. The molecule has 0 aliphatic rings. The fourth-order valence-electron chi connectivity index (χ4n) is 4.36. The summed E-state index contributed by atoms with van der Waals surface area (Å²) < 4.78 is 10.5. The molecule has 0 aliphatic carbocycles. The average molecular weight is 594 g/mol. The maximum Gasteiger partial charge on any atom is 0.408 e. The molecule has 2 atom stereocenters. The van der Waals surface area contributed by atoms with E-state index in [4.69, 9.17) is 9.47 Å². The van der Waals surface area contributed by atoms with Gasteiger partial charge in [-0.15, -0.1) is 0 Å². The summed E-state index contributed by atoms with van der Waals surface area (Å²) in [5.41, 5.74) is 1.89. The second kappa shape index (κ2) is 18.6. The molecule has 2 unspecified atom stereocenters. The van der Waals surface area contributed by atoms with Crippen LogP contribution in [0.1, 0.15) is 95.9 Å². The van der Waals surface area contributed by atoms with Crippen molar-refractivity contribution in [3.63, 3.8) is 0 Å². The molecule has 2 N–H and O–H groups in total. The number of benzene rings is 1. The minimum absolute atomic E-state index is 0.0279. The van der Waals surface area contributed by atoms with Gasteiger partial charge in [0.15, 0.2) is 0 Å². The first kappa shape index (κ1) is 36.3. The molecule has 0 saturated carbocycles. The third kappa shape index (κ3) is 13.2. The van der Waals surface area contributed by atoms with Crippen LogP contribution >= 0.6 is 11.8 Å². The van der Waals surface area contributed by atoms with Crippen LogP contribution in [0.5, 0.6) is 0 Å². The number of nitrogens with zero attached hydrogens (tertiary/aromatic N) is 1. The number of alkyl carbamates (subject to hydrolysis) is 1. The lowest BCUT2D eigenvalue weighted by molar-refractivity contribution is -0.144. The number of rotatable bonds is 17. The standard InChI is InChI=1S/C31H51N3O6S/c1-9-11-12-13-20-34(29(37)25(18-21-41-8)33-30(38)40-31(5,6)7)27(24-16-14-15-22(3)23(24)4)28(36)32-19-17-26(35)39-10-2/h14-16,25,27H,9-13,17-21H2,1-8H3,(H,32,36)(H,33,38). The molecule has 0 fully saturated rings. The SMILES string of the molecule is CCCCCCN(C(=O)C(CCSC)NC(=O)OC(C)(C)C)C(C(=O)NCCC(=O)OCC)c1cccc(C)c1C. The molecule has 0 radical (unpaired) electrons. The van der Waals surface area contributed by atoms with Gasteiger partial charge in [0.05, 0.1) is 13.0 Å². The fraction of sp³-hybridized carbons (Fsp3) is 0.677. The van der Waals surface area contributed by atoms with Crippen LogP contribution in [0.15, 0.2) is 18.2 Å². The highest BCUT2D eigenvalue weighted by Gasteiger charge is 2.36. The monoisotopic (exact) mass is 593 g/mol. The maximum absolute atomic E-state index is 14.3. The van der Waals surface area contributed by atoms with Crippen molar-refractivity contribution < 1.29 is 28.7 Å². The number of aryl methyl sites for hydroxylation is 1. The van der Waals surface area contributed by atoms with Crippen molar-refractivity contribution >= 4 is 35.6 Å². The van der Waals surface area contributed by atoms with E-state index in [0.29, 0.717) is 30.7 Å². The lowest BCUT2D eigenvalue weighted by Crippen LogP contribution is -2.53. The van der Waals surface area contributed by atoms with Crippen LogP contribution in [-0.2, 0) is 23.9 Å². The van der Waals surface area contributed by atoms with Gasteiger partial charge in [-0.3, -0.25) is 14.4 Å². The molecule has 10 heteroatoms. The van der Waals surface area contributed by atoms with E-state index in [-0.39, 0.29) is 31.4 Å². The molecule has 0 spiro atoms. The van der Waals surface area contributed by atoms with Crippen molar-refractivity contribution in [2.24, 2.45) is 0 Å². The number of carbonyl (C=O) groups is 4. The Morgan fingerprint density at radius 2 is 1.76 bits per heavy atom. The third-order valence-corrected chi connectivity index (χ3v) is 7.21. The van der Waals surface area contributed by atoms with Gasteiger partial charge in [-0.2, -0.15) is 11.8 Å². The number of amides is 3. The van der Waals surface area contributed by atoms with Gasteiger partial charge in [0.25, 0.3) is 0 Å². The first-order chi connectivity index (χ1) is 19.4. The second-order valence-corrected chi connectivity index (χ2v) is 12.1. The quantitative estimate of drug-likeness (QED) is 0.182. The minimum Gasteiger partial charge on any atom is -0.466 e. The number of thioether (sulfide) groups is 1. The van der Waals surface area contributed by atoms with Gasteiger partial charge in [0, 0.05) is 13.1 Å². The number of ether oxygens (including phenoxy) is 2.